The van der Waals surface area contributed by atoms with Crippen LogP contribution >= 0.6 is 47.2 Å². The second-order valence-electron chi connectivity index (χ2n) is 4.35. The van der Waals surface area contributed by atoms with Crippen LogP contribution in [0.4, 0.5) is 0 Å². The smallest absolute Gasteiger partial charge is 0.191 e. The molecule has 0 unspecified atom stereocenters. The summed E-state index contributed by atoms with van der Waals surface area (Å²) >= 11 is 12.0. The lowest BCUT2D eigenvalue weighted by molar-refractivity contribution is 0.812. The molecule has 2 N–H and O–H groups in total. The molecule has 1 saturated carbocycles. The fourth-order valence-electron chi connectivity index (χ4n) is 1.56. The number of nitrogens with zero attached hydrogens (tertiary/aromatic N) is 1. The number of hydrogen-bond donors (Lipinski definition) is 2. The van der Waals surface area contributed by atoms with E-state index < -0.39 is 0 Å². The third-order valence-electron chi connectivity index (χ3n) is 2.69. The Labute approximate surface area is 141 Å². The van der Waals surface area contributed by atoms with Crippen LogP contribution in [-0.4, -0.2) is 18.5 Å². The summed E-state index contributed by atoms with van der Waals surface area (Å²) in [6.07, 6.45) is 2.46. The van der Waals surface area contributed by atoms with Gasteiger partial charge in [0.1, 0.15) is 0 Å². The maximum atomic E-state index is 6.11. The maximum absolute atomic E-state index is 6.11. The Hall–Kier alpha value is -0.200. The Bertz CT molecular complexity index is 448. The van der Waals surface area contributed by atoms with Gasteiger partial charge in [0.05, 0.1) is 6.54 Å². The monoisotopic (exact) mass is 413 g/mol. The standard InChI is InChI=1S/C13H17Cl2N3.HI/c1-2-16-13(18-11-5-6-11)17-8-9-3-4-10(14)7-12(9)15;/h3-4,7,11H,2,5-6,8H2,1H3,(H2,16,17,18);1H. The Balaban J connectivity index is 0.00000180. The average molecular weight is 414 g/mol. The number of halogens is 3. The van der Waals surface area contributed by atoms with Crippen LogP contribution in [0.1, 0.15) is 25.3 Å². The van der Waals surface area contributed by atoms with E-state index in [1.807, 2.05) is 12.1 Å². The molecule has 19 heavy (non-hydrogen) atoms. The van der Waals surface area contributed by atoms with Crippen LogP contribution in [0.2, 0.25) is 10.0 Å². The molecule has 1 aliphatic rings. The second-order valence-corrected chi connectivity index (χ2v) is 5.19. The third-order valence-corrected chi connectivity index (χ3v) is 3.27. The molecule has 1 fully saturated rings. The lowest BCUT2D eigenvalue weighted by Gasteiger charge is -2.10. The quantitative estimate of drug-likeness (QED) is 0.447. The van der Waals surface area contributed by atoms with Crippen LogP contribution in [0.3, 0.4) is 0 Å². The molecule has 2 rings (SSSR count). The zero-order chi connectivity index (χ0) is 13.0. The van der Waals surface area contributed by atoms with E-state index in [-0.39, 0.29) is 24.0 Å². The van der Waals surface area contributed by atoms with Crippen molar-refractivity contribution in [3.63, 3.8) is 0 Å². The van der Waals surface area contributed by atoms with E-state index in [1.54, 1.807) is 6.07 Å². The van der Waals surface area contributed by atoms with Gasteiger partial charge in [-0.05, 0) is 37.5 Å². The van der Waals surface area contributed by atoms with E-state index in [0.717, 1.165) is 18.1 Å². The van der Waals surface area contributed by atoms with Crippen LogP contribution in [-0.2, 0) is 6.54 Å². The van der Waals surface area contributed by atoms with Crippen LogP contribution in [0, 0.1) is 0 Å². The number of guanidine groups is 1. The van der Waals surface area contributed by atoms with Gasteiger partial charge in [0.25, 0.3) is 0 Å². The van der Waals surface area contributed by atoms with Crippen molar-refractivity contribution >= 4 is 53.1 Å². The van der Waals surface area contributed by atoms with Crippen molar-refractivity contribution in [2.45, 2.75) is 32.4 Å². The van der Waals surface area contributed by atoms with Crippen LogP contribution in [0.25, 0.3) is 0 Å². The Kier molecular flexibility index (Phi) is 7.25. The third kappa shape index (κ3) is 5.75. The Morgan fingerprint density at radius 1 is 1.37 bits per heavy atom. The summed E-state index contributed by atoms with van der Waals surface area (Å²) in [5.41, 5.74) is 0.981. The minimum absolute atomic E-state index is 0. The van der Waals surface area contributed by atoms with Gasteiger partial charge in [-0.1, -0.05) is 29.3 Å². The predicted molar refractivity (Wildman–Crippen MR) is 92.9 cm³/mol. The average Bonchev–Trinajstić information content (AvgIpc) is 3.12. The summed E-state index contributed by atoms with van der Waals surface area (Å²) in [6, 6.07) is 6.08. The summed E-state index contributed by atoms with van der Waals surface area (Å²) < 4.78 is 0. The van der Waals surface area contributed by atoms with E-state index in [9.17, 15) is 0 Å². The number of rotatable bonds is 4. The number of aliphatic imine (C=N–C) groups is 1. The molecule has 6 heteroatoms. The van der Waals surface area contributed by atoms with Crippen molar-refractivity contribution in [2.75, 3.05) is 6.54 Å². The minimum Gasteiger partial charge on any atom is -0.357 e. The van der Waals surface area contributed by atoms with Gasteiger partial charge in [0.15, 0.2) is 5.96 Å². The first-order chi connectivity index (χ1) is 8.69. The fourth-order valence-corrected chi connectivity index (χ4v) is 2.02. The highest BCUT2D eigenvalue weighted by atomic mass is 127. The van der Waals surface area contributed by atoms with Gasteiger partial charge in [-0.2, -0.15) is 0 Å². The van der Waals surface area contributed by atoms with E-state index in [4.69, 9.17) is 23.2 Å². The molecular weight excluding hydrogens is 396 g/mol. The van der Waals surface area contributed by atoms with E-state index >= 15 is 0 Å². The fraction of sp³-hybridized carbons (Fsp3) is 0.462. The SMILES string of the molecule is CCNC(=NCc1ccc(Cl)cc1Cl)NC1CC1.I. The van der Waals surface area contributed by atoms with Gasteiger partial charge in [-0.25, -0.2) is 4.99 Å². The van der Waals surface area contributed by atoms with Crippen LogP contribution in [0.15, 0.2) is 23.2 Å². The molecule has 0 spiro atoms. The van der Waals surface area contributed by atoms with Crippen molar-refractivity contribution in [1.29, 1.82) is 0 Å². The zero-order valence-corrected chi connectivity index (χ0v) is 14.6. The molecule has 0 bridgehead atoms. The number of hydrogen-bond acceptors (Lipinski definition) is 1. The van der Waals surface area contributed by atoms with Crippen molar-refractivity contribution in [1.82, 2.24) is 10.6 Å². The molecular formula is C13H18Cl2IN3. The molecule has 0 aromatic heterocycles. The van der Waals surface area contributed by atoms with Gasteiger partial charge in [-0.15, -0.1) is 24.0 Å². The maximum Gasteiger partial charge on any atom is 0.191 e. The van der Waals surface area contributed by atoms with Gasteiger partial charge < -0.3 is 10.6 Å². The van der Waals surface area contributed by atoms with Gasteiger partial charge >= 0.3 is 0 Å². The zero-order valence-electron chi connectivity index (χ0n) is 10.7. The summed E-state index contributed by atoms with van der Waals surface area (Å²) in [5, 5.41) is 7.90. The summed E-state index contributed by atoms with van der Waals surface area (Å²) in [6.45, 7) is 3.46. The highest BCUT2D eigenvalue weighted by Gasteiger charge is 2.22. The Morgan fingerprint density at radius 3 is 2.68 bits per heavy atom. The largest absolute Gasteiger partial charge is 0.357 e. The first-order valence-electron chi connectivity index (χ1n) is 6.18. The van der Waals surface area contributed by atoms with Crippen LogP contribution < -0.4 is 10.6 Å². The second kappa shape index (κ2) is 8.17. The van der Waals surface area contributed by atoms with Gasteiger partial charge in [0, 0.05) is 22.6 Å². The van der Waals surface area contributed by atoms with Gasteiger partial charge in [0.2, 0.25) is 0 Å². The molecule has 1 aromatic rings. The van der Waals surface area contributed by atoms with Crippen molar-refractivity contribution in [3.8, 4) is 0 Å². The first-order valence-corrected chi connectivity index (χ1v) is 6.93. The highest BCUT2D eigenvalue weighted by Crippen LogP contribution is 2.22. The van der Waals surface area contributed by atoms with E-state index in [2.05, 4.69) is 22.5 Å². The summed E-state index contributed by atoms with van der Waals surface area (Å²) in [4.78, 5) is 4.52. The summed E-state index contributed by atoms with van der Waals surface area (Å²) in [7, 11) is 0. The van der Waals surface area contributed by atoms with Crippen LogP contribution in [0.5, 0.6) is 0 Å². The number of benzene rings is 1. The minimum atomic E-state index is 0. The normalized spacial score (nSPS) is 14.8. The van der Waals surface area contributed by atoms with E-state index in [0.29, 0.717) is 22.6 Å². The lowest BCUT2D eigenvalue weighted by atomic mass is 10.2. The molecule has 0 aliphatic heterocycles. The molecule has 0 atom stereocenters. The lowest BCUT2D eigenvalue weighted by Crippen LogP contribution is -2.38. The molecule has 3 nitrogen and oxygen atoms in total. The molecule has 106 valence electrons. The first kappa shape index (κ1) is 16.9. The molecule has 1 aromatic carbocycles. The molecule has 0 saturated heterocycles. The van der Waals surface area contributed by atoms with Crippen molar-refractivity contribution in [3.05, 3.63) is 33.8 Å². The molecule has 0 radical (unpaired) electrons. The molecule has 1 aliphatic carbocycles. The molecule has 0 heterocycles. The number of nitrogens with one attached hydrogen (secondary N) is 2. The predicted octanol–water partition coefficient (Wildman–Crippen LogP) is 3.83. The topological polar surface area (TPSA) is 36.4 Å². The van der Waals surface area contributed by atoms with Crippen molar-refractivity contribution in [2.24, 2.45) is 4.99 Å². The molecule has 0 amide bonds. The van der Waals surface area contributed by atoms with Gasteiger partial charge in [-0.3, -0.25) is 0 Å². The van der Waals surface area contributed by atoms with Crippen molar-refractivity contribution < 1.29 is 0 Å². The summed E-state index contributed by atoms with van der Waals surface area (Å²) in [5.74, 6) is 0.853. The van der Waals surface area contributed by atoms with E-state index in [1.165, 1.54) is 12.8 Å². The Morgan fingerprint density at radius 2 is 2.11 bits per heavy atom. The highest BCUT2D eigenvalue weighted by molar-refractivity contribution is 14.0.